The Bertz CT molecular complexity index is 941. The molecule has 0 fully saturated rings. The molecule has 0 aliphatic carbocycles. The third kappa shape index (κ3) is 3.66. The Morgan fingerprint density at radius 1 is 0.962 bits per heavy atom. The van der Waals surface area contributed by atoms with Crippen molar-refractivity contribution in [2.75, 3.05) is 0 Å². The monoisotopic (exact) mass is 421 g/mol. The summed E-state index contributed by atoms with van der Waals surface area (Å²) in [6.45, 7) is 0. The Labute approximate surface area is 157 Å². The third-order valence-electron chi connectivity index (χ3n) is 4.12. The van der Waals surface area contributed by atoms with E-state index in [1.165, 1.54) is 36.4 Å². The Morgan fingerprint density at radius 2 is 1.69 bits per heavy atom. The fourth-order valence-corrected chi connectivity index (χ4v) is 3.18. The SMILES string of the molecule is O[C@](C/C=C/c1ccc2c(Br)cccc2n1)(c1ccccc1)C(F)(F)F. The summed E-state index contributed by atoms with van der Waals surface area (Å²) in [5, 5.41) is 11.2. The molecule has 3 aromatic rings. The second-order valence-corrected chi connectivity index (χ2v) is 6.73. The van der Waals surface area contributed by atoms with E-state index in [9.17, 15) is 18.3 Å². The molecule has 6 heteroatoms. The summed E-state index contributed by atoms with van der Waals surface area (Å²) >= 11 is 3.43. The number of aliphatic hydroxyl groups is 1. The zero-order valence-electron chi connectivity index (χ0n) is 13.5. The standard InChI is InChI=1S/C20H15BrF3NO/c21-17-9-4-10-18-16(17)12-11-15(25-18)8-5-13-19(26,20(22,23)24)14-6-2-1-3-7-14/h1-12,26H,13H2/b8-5+/t19-/m1/s1. The molecule has 0 radical (unpaired) electrons. The fraction of sp³-hybridized carbons (Fsp3) is 0.150. The normalized spacial score (nSPS) is 14.7. The van der Waals surface area contributed by atoms with Crippen LogP contribution in [-0.4, -0.2) is 16.3 Å². The van der Waals surface area contributed by atoms with Crippen LogP contribution in [0.1, 0.15) is 17.7 Å². The van der Waals surface area contributed by atoms with Gasteiger partial charge in [-0.3, -0.25) is 0 Å². The Balaban J connectivity index is 1.88. The molecule has 0 bridgehead atoms. The van der Waals surface area contributed by atoms with Crippen LogP contribution >= 0.6 is 15.9 Å². The maximum Gasteiger partial charge on any atom is 0.421 e. The smallest absolute Gasteiger partial charge is 0.376 e. The lowest BCUT2D eigenvalue weighted by atomic mass is 9.89. The van der Waals surface area contributed by atoms with Gasteiger partial charge in [-0.1, -0.05) is 58.4 Å². The molecular weight excluding hydrogens is 407 g/mol. The van der Waals surface area contributed by atoms with Crippen molar-refractivity contribution in [2.24, 2.45) is 0 Å². The van der Waals surface area contributed by atoms with Gasteiger partial charge in [-0.2, -0.15) is 13.2 Å². The predicted octanol–water partition coefficient (Wildman–Crippen LogP) is 5.85. The van der Waals surface area contributed by atoms with Crippen molar-refractivity contribution in [3.05, 3.63) is 82.5 Å². The average molecular weight is 422 g/mol. The molecule has 0 saturated carbocycles. The molecular formula is C20H15BrF3NO. The van der Waals surface area contributed by atoms with Crippen LogP contribution in [0.25, 0.3) is 17.0 Å². The topological polar surface area (TPSA) is 33.1 Å². The second-order valence-electron chi connectivity index (χ2n) is 5.87. The van der Waals surface area contributed by atoms with Crippen molar-refractivity contribution in [1.82, 2.24) is 4.98 Å². The zero-order chi connectivity index (χ0) is 18.8. The zero-order valence-corrected chi connectivity index (χ0v) is 15.1. The quantitative estimate of drug-likeness (QED) is 0.572. The van der Waals surface area contributed by atoms with Crippen molar-refractivity contribution in [3.8, 4) is 0 Å². The number of nitrogens with zero attached hydrogens (tertiary/aromatic N) is 1. The molecule has 2 nitrogen and oxygen atoms in total. The summed E-state index contributed by atoms with van der Waals surface area (Å²) in [6, 6.07) is 16.2. The van der Waals surface area contributed by atoms with E-state index in [1.54, 1.807) is 12.1 Å². The lowest BCUT2D eigenvalue weighted by molar-refractivity contribution is -0.265. The summed E-state index contributed by atoms with van der Waals surface area (Å²) in [5.41, 5.74) is -1.87. The largest absolute Gasteiger partial charge is 0.421 e. The van der Waals surface area contributed by atoms with Crippen molar-refractivity contribution in [1.29, 1.82) is 0 Å². The minimum Gasteiger partial charge on any atom is -0.376 e. The van der Waals surface area contributed by atoms with Gasteiger partial charge in [-0.25, -0.2) is 4.98 Å². The second kappa shape index (κ2) is 7.21. The minimum absolute atomic E-state index is 0.187. The van der Waals surface area contributed by atoms with Crippen molar-refractivity contribution in [3.63, 3.8) is 0 Å². The van der Waals surface area contributed by atoms with Crippen molar-refractivity contribution >= 4 is 32.9 Å². The van der Waals surface area contributed by atoms with Crippen LogP contribution in [0.4, 0.5) is 13.2 Å². The number of pyridine rings is 1. The highest BCUT2D eigenvalue weighted by molar-refractivity contribution is 9.10. The molecule has 0 amide bonds. The molecule has 3 rings (SSSR count). The van der Waals surface area contributed by atoms with Crippen LogP contribution in [-0.2, 0) is 5.60 Å². The summed E-state index contributed by atoms with van der Waals surface area (Å²) in [5.74, 6) is 0. The van der Waals surface area contributed by atoms with E-state index in [1.807, 2.05) is 24.3 Å². The lowest BCUT2D eigenvalue weighted by Gasteiger charge is -2.30. The first-order chi connectivity index (χ1) is 12.3. The van der Waals surface area contributed by atoms with E-state index >= 15 is 0 Å². The highest BCUT2D eigenvalue weighted by Gasteiger charge is 2.53. The molecule has 134 valence electrons. The Hall–Kier alpha value is -2.18. The lowest BCUT2D eigenvalue weighted by Crippen LogP contribution is -2.41. The maximum atomic E-state index is 13.5. The molecule has 0 aliphatic heterocycles. The predicted molar refractivity (Wildman–Crippen MR) is 99.5 cm³/mol. The first-order valence-corrected chi connectivity index (χ1v) is 8.67. The van der Waals surface area contributed by atoms with Crippen LogP contribution in [0.2, 0.25) is 0 Å². The number of alkyl halides is 3. The molecule has 0 saturated heterocycles. The third-order valence-corrected chi connectivity index (χ3v) is 4.81. The molecule has 0 spiro atoms. The van der Waals surface area contributed by atoms with Gasteiger partial charge in [0.15, 0.2) is 5.60 Å². The Kier molecular flexibility index (Phi) is 5.16. The molecule has 1 heterocycles. The summed E-state index contributed by atoms with van der Waals surface area (Å²) < 4.78 is 41.3. The van der Waals surface area contributed by atoms with Crippen LogP contribution in [0.3, 0.4) is 0 Å². The number of benzene rings is 2. The van der Waals surface area contributed by atoms with E-state index < -0.39 is 18.2 Å². The van der Waals surface area contributed by atoms with Gasteiger partial charge in [0.2, 0.25) is 0 Å². The highest BCUT2D eigenvalue weighted by atomic mass is 79.9. The molecule has 2 aromatic carbocycles. The highest BCUT2D eigenvalue weighted by Crippen LogP contribution is 2.41. The maximum absolute atomic E-state index is 13.5. The fourth-order valence-electron chi connectivity index (χ4n) is 2.69. The molecule has 0 unspecified atom stereocenters. The van der Waals surface area contributed by atoms with Gasteiger partial charge in [0.1, 0.15) is 0 Å². The number of hydrogen-bond donors (Lipinski definition) is 1. The molecule has 0 aliphatic rings. The van der Waals surface area contributed by atoms with E-state index in [-0.39, 0.29) is 5.56 Å². The van der Waals surface area contributed by atoms with Gasteiger partial charge >= 0.3 is 6.18 Å². The summed E-state index contributed by atoms with van der Waals surface area (Å²) in [4.78, 5) is 4.41. The van der Waals surface area contributed by atoms with Crippen LogP contribution in [0.15, 0.2) is 71.2 Å². The summed E-state index contributed by atoms with van der Waals surface area (Å²) in [6.07, 6.45) is -2.61. The van der Waals surface area contributed by atoms with E-state index in [0.29, 0.717) is 5.69 Å². The van der Waals surface area contributed by atoms with Crippen LogP contribution in [0, 0.1) is 0 Å². The van der Waals surface area contributed by atoms with Gasteiger partial charge in [0.05, 0.1) is 11.2 Å². The molecule has 1 N–H and O–H groups in total. The average Bonchev–Trinajstić information content (AvgIpc) is 2.61. The number of hydrogen-bond acceptors (Lipinski definition) is 2. The molecule has 1 aromatic heterocycles. The molecule has 26 heavy (non-hydrogen) atoms. The first kappa shape index (κ1) is 18.6. The number of fused-ring (bicyclic) bond motifs is 1. The molecule has 1 atom stereocenters. The van der Waals surface area contributed by atoms with E-state index in [4.69, 9.17) is 0 Å². The van der Waals surface area contributed by atoms with E-state index in [0.717, 1.165) is 15.4 Å². The Morgan fingerprint density at radius 3 is 2.38 bits per heavy atom. The van der Waals surface area contributed by atoms with E-state index in [2.05, 4.69) is 20.9 Å². The van der Waals surface area contributed by atoms with Crippen LogP contribution in [0.5, 0.6) is 0 Å². The summed E-state index contributed by atoms with van der Waals surface area (Å²) in [7, 11) is 0. The van der Waals surface area contributed by atoms with Crippen LogP contribution < -0.4 is 0 Å². The van der Waals surface area contributed by atoms with Gasteiger partial charge < -0.3 is 5.11 Å². The number of aromatic nitrogens is 1. The first-order valence-electron chi connectivity index (χ1n) is 7.88. The van der Waals surface area contributed by atoms with Gasteiger partial charge in [0.25, 0.3) is 0 Å². The number of rotatable bonds is 4. The van der Waals surface area contributed by atoms with Gasteiger partial charge in [-0.05, 0) is 35.9 Å². The minimum atomic E-state index is -4.79. The van der Waals surface area contributed by atoms with Crippen molar-refractivity contribution < 1.29 is 18.3 Å². The van der Waals surface area contributed by atoms with Gasteiger partial charge in [-0.15, -0.1) is 0 Å². The van der Waals surface area contributed by atoms with Crippen molar-refractivity contribution in [2.45, 2.75) is 18.2 Å². The van der Waals surface area contributed by atoms with Gasteiger partial charge in [0, 0.05) is 16.3 Å². The number of halogens is 4.